The number of rotatable bonds is 7. The molecule has 87 heavy (non-hydrogen) atoms. The Morgan fingerprint density at radius 2 is 0.828 bits per heavy atom. The number of para-hydroxylation sites is 2. The topological polar surface area (TPSA) is 51.1 Å². The summed E-state index contributed by atoms with van der Waals surface area (Å²) < 4.78 is 15.9. The van der Waals surface area contributed by atoms with E-state index in [1.807, 2.05) is 65.1 Å². The Bertz CT molecular complexity index is 5840. The molecule has 0 bridgehead atoms. The van der Waals surface area contributed by atoms with E-state index in [1.165, 1.54) is 31.3 Å². The second-order valence-corrected chi connectivity index (χ2v) is 24.3. The fourth-order valence-corrected chi connectivity index (χ4v) is 16.9. The van der Waals surface area contributed by atoms with Crippen LogP contribution < -0.4 is 0 Å². The lowest BCUT2D eigenvalue weighted by molar-refractivity contribution is 0.669. The average molecular weight is 1140 g/mol. The van der Waals surface area contributed by atoms with Crippen molar-refractivity contribution in [3.05, 3.63) is 284 Å². The predicted octanol–water partition coefficient (Wildman–Crippen LogP) is 23.3. The van der Waals surface area contributed by atoms with E-state index in [0.29, 0.717) is 28.2 Å². The number of thiophene rings is 2. The molecule has 18 aromatic rings. The first kappa shape index (κ1) is 49.1. The van der Waals surface area contributed by atoms with Gasteiger partial charge >= 0.3 is 0 Å². The van der Waals surface area contributed by atoms with Gasteiger partial charge in [0, 0.05) is 74.4 Å². The molecule has 5 heterocycles. The maximum absolute atomic E-state index is 12.5. The monoisotopic (exact) mass is 1140 g/mol. The summed E-state index contributed by atoms with van der Waals surface area (Å²) in [4.78, 5) is 4.68. The maximum Gasteiger partial charge on any atom is 0.220 e. The maximum atomic E-state index is 12.5. The van der Waals surface area contributed by atoms with Crippen molar-refractivity contribution >= 4 is 134 Å². The van der Waals surface area contributed by atoms with Gasteiger partial charge in [-0.05, 0) is 74.8 Å². The van der Waals surface area contributed by atoms with Gasteiger partial charge < -0.3 is 13.6 Å². The van der Waals surface area contributed by atoms with Crippen molar-refractivity contribution in [1.82, 2.24) is 9.13 Å². The molecule has 18 rings (SSSR count). The van der Waals surface area contributed by atoms with E-state index in [4.69, 9.17) is 4.42 Å². The van der Waals surface area contributed by atoms with Crippen molar-refractivity contribution in [1.29, 1.82) is 5.26 Å². The fraction of sp³-hybridized carbons (Fsp3) is 0. The summed E-state index contributed by atoms with van der Waals surface area (Å²) in [7, 11) is 0. The third-order valence-corrected chi connectivity index (χ3v) is 20.3. The van der Waals surface area contributed by atoms with Crippen LogP contribution >= 0.6 is 22.7 Å². The van der Waals surface area contributed by atoms with Crippen molar-refractivity contribution in [2.75, 3.05) is 0 Å². The number of nitrogens with zero attached hydrogens (tertiary/aromatic N) is 4. The summed E-state index contributed by atoms with van der Waals surface area (Å²) >= 11 is 3.63. The fourth-order valence-electron chi connectivity index (χ4n) is 14.1. The van der Waals surface area contributed by atoms with E-state index in [2.05, 4.69) is 245 Å². The van der Waals surface area contributed by atoms with Crippen LogP contribution in [0.2, 0.25) is 0 Å². The van der Waals surface area contributed by atoms with Crippen LogP contribution in [0.1, 0.15) is 5.56 Å². The van der Waals surface area contributed by atoms with Gasteiger partial charge in [0.05, 0.1) is 55.0 Å². The molecule has 0 amide bonds. The van der Waals surface area contributed by atoms with Gasteiger partial charge in [0.2, 0.25) is 5.69 Å². The van der Waals surface area contributed by atoms with Crippen LogP contribution in [0.4, 0.5) is 5.69 Å². The van der Waals surface area contributed by atoms with Crippen LogP contribution in [0.5, 0.6) is 0 Å². The van der Waals surface area contributed by atoms with Gasteiger partial charge in [0.25, 0.3) is 0 Å². The molecule has 5 aromatic heterocycles. The van der Waals surface area contributed by atoms with Crippen LogP contribution in [0.3, 0.4) is 0 Å². The van der Waals surface area contributed by atoms with Gasteiger partial charge in [-0.25, -0.2) is 4.85 Å². The molecular formula is C80H44N4OS2. The van der Waals surface area contributed by atoms with Crippen molar-refractivity contribution < 1.29 is 4.42 Å². The minimum Gasteiger partial charge on any atom is -0.456 e. The Kier molecular flexibility index (Phi) is 10.8. The summed E-state index contributed by atoms with van der Waals surface area (Å²) in [5, 5.41) is 23.5. The van der Waals surface area contributed by atoms with Crippen LogP contribution in [0, 0.1) is 17.9 Å². The molecule has 0 atom stereocenters. The lowest BCUT2D eigenvalue weighted by atomic mass is 9.88. The van der Waals surface area contributed by atoms with Crippen LogP contribution in [0.25, 0.3) is 178 Å². The Hall–Kier alpha value is -11.3. The quantitative estimate of drug-likeness (QED) is 0.149. The number of aromatic nitrogens is 2. The SMILES string of the molecule is [C-]#[N+]c1c(-c2ccccc2)c(C#N)c(-n2c3c(ccc4c5cccc(-c6ccccc6)c5sc43)c3ccc4c5cccc(-c6ccccc6)c5sc4c32)c(-c2ccccc2)c1-n1c2ccccc2c2cc(-c3cccc4oc5ccccc5c34)ccc21. The summed E-state index contributed by atoms with van der Waals surface area (Å²) in [5.74, 6) is 0. The third-order valence-electron chi connectivity index (χ3n) is 17.8. The second-order valence-electron chi connectivity index (χ2n) is 22.3. The lowest BCUT2D eigenvalue weighted by Gasteiger charge is -2.26. The number of benzene rings is 13. The number of furan rings is 1. The van der Waals surface area contributed by atoms with E-state index in [0.717, 1.165) is 125 Å². The first-order chi connectivity index (χ1) is 43.1. The molecule has 0 unspecified atom stereocenters. The van der Waals surface area contributed by atoms with Crippen molar-refractivity contribution in [2.24, 2.45) is 0 Å². The van der Waals surface area contributed by atoms with Gasteiger partial charge in [-0.1, -0.05) is 237 Å². The molecule has 7 heteroatoms. The highest BCUT2D eigenvalue weighted by Gasteiger charge is 2.33. The predicted molar refractivity (Wildman–Crippen MR) is 366 cm³/mol. The molecule has 0 saturated heterocycles. The largest absolute Gasteiger partial charge is 0.456 e. The van der Waals surface area contributed by atoms with E-state index in [9.17, 15) is 11.8 Å². The zero-order valence-corrected chi connectivity index (χ0v) is 48.1. The van der Waals surface area contributed by atoms with E-state index in [-0.39, 0.29) is 0 Å². The lowest BCUT2D eigenvalue weighted by Crippen LogP contribution is -2.09. The van der Waals surface area contributed by atoms with Crippen molar-refractivity contribution in [3.63, 3.8) is 0 Å². The number of hydrogen-bond acceptors (Lipinski definition) is 4. The van der Waals surface area contributed by atoms with Crippen molar-refractivity contribution in [2.45, 2.75) is 0 Å². The molecule has 0 N–H and O–H groups in total. The van der Waals surface area contributed by atoms with Crippen molar-refractivity contribution in [3.8, 4) is 73.1 Å². The van der Waals surface area contributed by atoms with E-state index >= 15 is 0 Å². The molecule has 0 spiro atoms. The molecule has 0 aliphatic carbocycles. The summed E-state index contributed by atoms with van der Waals surface area (Å²) in [6, 6.07) is 97.4. The Morgan fingerprint density at radius 3 is 1.43 bits per heavy atom. The summed E-state index contributed by atoms with van der Waals surface area (Å²) in [6.45, 7) is 9.62. The highest BCUT2D eigenvalue weighted by molar-refractivity contribution is 7.28. The molecule has 0 aliphatic heterocycles. The van der Waals surface area contributed by atoms with Crippen LogP contribution in [0.15, 0.2) is 271 Å². The molecule has 0 aliphatic rings. The highest BCUT2D eigenvalue weighted by Crippen LogP contribution is 2.56. The smallest absolute Gasteiger partial charge is 0.220 e. The number of nitriles is 1. The molecule has 0 fully saturated rings. The highest BCUT2D eigenvalue weighted by atomic mass is 32.1. The van der Waals surface area contributed by atoms with Gasteiger partial charge in [-0.2, -0.15) is 5.26 Å². The van der Waals surface area contributed by atoms with Gasteiger partial charge in [0.15, 0.2) is 0 Å². The Labute approximate surface area is 506 Å². The van der Waals surface area contributed by atoms with Gasteiger partial charge in [-0.15, -0.1) is 22.7 Å². The number of hydrogen-bond donors (Lipinski definition) is 0. The Morgan fingerprint density at radius 1 is 0.356 bits per heavy atom. The summed E-state index contributed by atoms with van der Waals surface area (Å²) in [5.41, 5.74) is 17.6. The van der Waals surface area contributed by atoms with Gasteiger partial charge in [-0.3, -0.25) is 0 Å². The van der Waals surface area contributed by atoms with Crippen LogP contribution in [-0.2, 0) is 0 Å². The van der Waals surface area contributed by atoms with Gasteiger partial charge in [0.1, 0.15) is 17.2 Å². The first-order valence-electron chi connectivity index (χ1n) is 29.1. The van der Waals surface area contributed by atoms with E-state index in [1.54, 1.807) is 0 Å². The number of fused-ring (bicyclic) bond motifs is 17. The normalized spacial score (nSPS) is 11.9. The zero-order valence-electron chi connectivity index (χ0n) is 46.4. The van der Waals surface area contributed by atoms with Crippen LogP contribution in [-0.4, -0.2) is 9.13 Å². The molecule has 402 valence electrons. The molecule has 5 nitrogen and oxygen atoms in total. The molecular weight excluding hydrogens is 1100 g/mol. The minimum absolute atomic E-state index is 0.390. The first-order valence-corrected chi connectivity index (χ1v) is 30.7. The molecule has 13 aromatic carbocycles. The standard InChI is InChI=1S/C80H44N4OS2/c1-82-72-69(49-25-10-4-11-26-49)64(46-81)73(70(50-27-12-5-13-28-50)76(72)83-65-36-16-14-29-55(65)63-45-51(39-44-66(63)83)52-31-20-38-68-71(52)62-30-15-17-37-67(62)85-68)84-74-56(40-42-60-58-34-18-32-53(77(58)86-79(60)74)47-21-6-2-7-22-47)57-41-43-61-59-35-19-33-54(48-23-8-3-9-24-48)78(59)87-80(61)75(57)84/h2-45H. The van der Waals surface area contributed by atoms with E-state index < -0.39 is 0 Å². The zero-order chi connectivity index (χ0) is 57.4. The summed E-state index contributed by atoms with van der Waals surface area (Å²) in [6.07, 6.45) is 0. The molecule has 0 radical (unpaired) electrons. The molecule has 0 saturated carbocycles. The Balaban J connectivity index is 1.06. The average Bonchev–Trinajstić information content (AvgIpc) is 1.73. The second kappa shape index (κ2) is 19.1. The third kappa shape index (κ3) is 7.10. The minimum atomic E-state index is 0.390.